The Labute approximate surface area is 137 Å². The number of amides is 1. The molecule has 0 saturated heterocycles. The molecular weight excluding hydrogens is 314 g/mol. The highest BCUT2D eigenvalue weighted by Gasteiger charge is 2.20. The van der Waals surface area contributed by atoms with E-state index in [1.165, 1.54) is 7.11 Å². The lowest BCUT2D eigenvalue weighted by Gasteiger charge is -2.17. The molecule has 0 saturated carbocycles. The van der Waals surface area contributed by atoms with Crippen molar-refractivity contribution in [2.45, 2.75) is 6.04 Å². The zero-order valence-electron chi connectivity index (χ0n) is 12.8. The summed E-state index contributed by atoms with van der Waals surface area (Å²) in [6, 6.07) is 5.85. The van der Waals surface area contributed by atoms with Gasteiger partial charge in [-0.3, -0.25) is 14.2 Å². The molecule has 1 amide bonds. The fourth-order valence-electron chi connectivity index (χ4n) is 2.33. The standard InChI is InChI=1S/C15H17N5O2S/c1-19-10-11(15(18-19)22-2)14(21)16-9-12(13-5-3-8-23-13)20-7-4-6-17-20/h3-8,10,12H,9H2,1-2H3,(H,16,21)/t12-/m1/s1. The molecule has 7 nitrogen and oxygen atoms in total. The van der Waals surface area contributed by atoms with Gasteiger partial charge in [0.1, 0.15) is 11.6 Å². The highest BCUT2D eigenvalue weighted by atomic mass is 32.1. The van der Waals surface area contributed by atoms with E-state index in [-0.39, 0.29) is 11.9 Å². The third-order valence-electron chi connectivity index (χ3n) is 3.40. The van der Waals surface area contributed by atoms with E-state index in [1.54, 1.807) is 35.5 Å². The van der Waals surface area contributed by atoms with Gasteiger partial charge in [0.2, 0.25) is 5.88 Å². The third-order valence-corrected chi connectivity index (χ3v) is 4.38. The number of methoxy groups -OCH3 is 1. The van der Waals surface area contributed by atoms with Gasteiger partial charge in [0.05, 0.1) is 7.11 Å². The summed E-state index contributed by atoms with van der Waals surface area (Å²) in [4.78, 5) is 13.5. The van der Waals surface area contributed by atoms with Crippen molar-refractivity contribution in [1.82, 2.24) is 24.9 Å². The lowest BCUT2D eigenvalue weighted by Crippen LogP contribution is -2.31. The van der Waals surface area contributed by atoms with E-state index in [4.69, 9.17) is 4.74 Å². The number of nitrogens with one attached hydrogen (secondary N) is 1. The molecular formula is C15H17N5O2S. The lowest BCUT2D eigenvalue weighted by atomic mass is 10.2. The first kappa shape index (κ1) is 15.3. The second-order valence-corrected chi connectivity index (χ2v) is 5.93. The predicted octanol–water partition coefficient (Wildman–Crippen LogP) is 1.71. The van der Waals surface area contributed by atoms with Gasteiger partial charge >= 0.3 is 0 Å². The van der Waals surface area contributed by atoms with Gasteiger partial charge in [-0.2, -0.15) is 5.10 Å². The van der Waals surface area contributed by atoms with Crippen LogP contribution in [0.5, 0.6) is 5.88 Å². The number of thiophene rings is 1. The van der Waals surface area contributed by atoms with Crippen molar-refractivity contribution in [3.05, 3.63) is 52.6 Å². The molecule has 23 heavy (non-hydrogen) atoms. The number of aryl methyl sites for hydroxylation is 1. The molecule has 0 fully saturated rings. The molecule has 3 aromatic rings. The highest BCUT2D eigenvalue weighted by Crippen LogP contribution is 2.22. The molecule has 0 bridgehead atoms. The van der Waals surface area contributed by atoms with Crippen molar-refractivity contribution in [1.29, 1.82) is 0 Å². The number of hydrogen-bond donors (Lipinski definition) is 1. The van der Waals surface area contributed by atoms with Gasteiger partial charge in [0.25, 0.3) is 5.91 Å². The van der Waals surface area contributed by atoms with Gasteiger partial charge in [-0.05, 0) is 17.5 Å². The maximum absolute atomic E-state index is 12.4. The van der Waals surface area contributed by atoms with Crippen LogP contribution in [-0.4, -0.2) is 39.1 Å². The summed E-state index contributed by atoms with van der Waals surface area (Å²) in [6.07, 6.45) is 5.26. The summed E-state index contributed by atoms with van der Waals surface area (Å²) in [5.41, 5.74) is 0.417. The molecule has 0 radical (unpaired) electrons. The Bertz CT molecular complexity index is 730. The first-order chi connectivity index (χ1) is 11.2. The first-order valence-corrected chi connectivity index (χ1v) is 7.95. The second-order valence-electron chi connectivity index (χ2n) is 4.95. The van der Waals surface area contributed by atoms with Crippen molar-refractivity contribution < 1.29 is 9.53 Å². The fourth-order valence-corrected chi connectivity index (χ4v) is 3.15. The highest BCUT2D eigenvalue weighted by molar-refractivity contribution is 7.10. The Kier molecular flexibility index (Phi) is 4.42. The van der Waals surface area contributed by atoms with Gasteiger partial charge in [-0.25, -0.2) is 0 Å². The van der Waals surface area contributed by atoms with Crippen LogP contribution in [-0.2, 0) is 7.05 Å². The zero-order chi connectivity index (χ0) is 16.2. The largest absolute Gasteiger partial charge is 0.479 e. The maximum atomic E-state index is 12.4. The van der Waals surface area contributed by atoms with Crippen LogP contribution in [0.25, 0.3) is 0 Å². The average molecular weight is 331 g/mol. The molecule has 3 aromatic heterocycles. The van der Waals surface area contributed by atoms with Crippen LogP contribution < -0.4 is 10.1 Å². The third kappa shape index (κ3) is 3.26. The van der Waals surface area contributed by atoms with Crippen molar-refractivity contribution in [2.75, 3.05) is 13.7 Å². The molecule has 1 N–H and O–H groups in total. The fraction of sp³-hybridized carbons (Fsp3) is 0.267. The van der Waals surface area contributed by atoms with Crippen LogP contribution in [0.15, 0.2) is 42.2 Å². The van der Waals surface area contributed by atoms with E-state index < -0.39 is 0 Å². The van der Waals surface area contributed by atoms with Crippen molar-refractivity contribution in [3.63, 3.8) is 0 Å². The summed E-state index contributed by atoms with van der Waals surface area (Å²) in [5, 5.41) is 13.3. The molecule has 1 atom stereocenters. The molecule has 0 aromatic carbocycles. The number of aromatic nitrogens is 4. The molecule has 0 unspecified atom stereocenters. The maximum Gasteiger partial charge on any atom is 0.258 e. The Morgan fingerprint density at radius 2 is 2.35 bits per heavy atom. The number of nitrogens with zero attached hydrogens (tertiary/aromatic N) is 4. The van der Waals surface area contributed by atoms with Gasteiger partial charge in [0, 0.05) is 37.1 Å². The number of rotatable bonds is 6. The Balaban J connectivity index is 1.75. The van der Waals surface area contributed by atoms with E-state index in [0.29, 0.717) is 18.0 Å². The van der Waals surface area contributed by atoms with Crippen molar-refractivity contribution >= 4 is 17.2 Å². The van der Waals surface area contributed by atoms with Crippen LogP contribution in [0.2, 0.25) is 0 Å². The summed E-state index contributed by atoms with van der Waals surface area (Å²) in [5.74, 6) is 0.0976. The van der Waals surface area contributed by atoms with Gasteiger partial charge in [-0.15, -0.1) is 16.4 Å². The van der Waals surface area contributed by atoms with Crippen LogP contribution >= 0.6 is 11.3 Å². The Morgan fingerprint density at radius 3 is 3.00 bits per heavy atom. The van der Waals surface area contributed by atoms with Crippen LogP contribution in [0, 0.1) is 0 Å². The number of carbonyl (C=O) groups excluding carboxylic acids is 1. The van der Waals surface area contributed by atoms with Crippen LogP contribution in [0.1, 0.15) is 21.3 Å². The van der Waals surface area contributed by atoms with Gasteiger partial charge < -0.3 is 10.1 Å². The first-order valence-electron chi connectivity index (χ1n) is 7.07. The summed E-state index contributed by atoms with van der Waals surface area (Å²) < 4.78 is 8.52. The van der Waals surface area contributed by atoms with E-state index in [2.05, 4.69) is 15.5 Å². The molecule has 120 valence electrons. The van der Waals surface area contributed by atoms with Crippen molar-refractivity contribution in [2.24, 2.45) is 7.05 Å². The molecule has 8 heteroatoms. The molecule has 0 aliphatic heterocycles. The van der Waals surface area contributed by atoms with E-state index >= 15 is 0 Å². The molecule has 3 heterocycles. The SMILES string of the molecule is COc1nn(C)cc1C(=O)NC[C@H](c1cccs1)n1cccn1. The smallest absolute Gasteiger partial charge is 0.258 e. The quantitative estimate of drug-likeness (QED) is 0.746. The lowest BCUT2D eigenvalue weighted by molar-refractivity contribution is 0.0946. The minimum absolute atomic E-state index is 0.0448. The molecule has 0 aliphatic rings. The average Bonchev–Trinajstić information content (AvgIpc) is 3.28. The van der Waals surface area contributed by atoms with Crippen molar-refractivity contribution in [3.8, 4) is 5.88 Å². The topological polar surface area (TPSA) is 74.0 Å². The molecule has 0 aliphatic carbocycles. The Hall–Kier alpha value is -2.61. The van der Waals surface area contributed by atoms with Crippen LogP contribution in [0.4, 0.5) is 0 Å². The molecule has 3 rings (SSSR count). The Morgan fingerprint density at radius 1 is 1.48 bits per heavy atom. The number of carbonyl (C=O) groups is 1. The second kappa shape index (κ2) is 6.66. The number of hydrogen-bond acceptors (Lipinski definition) is 5. The van der Waals surface area contributed by atoms with E-state index in [9.17, 15) is 4.79 Å². The minimum Gasteiger partial charge on any atom is -0.479 e. The van der Waals surface area contributed by atoms with Gasteiger partial charge in [0.15, 0.2) is 0 Å². The van der Waals surface area contributed by atoms with E-state index in [0.717, 1.165) is 4.88 Å². The summed E-state index contributed by atoms with van der Waals surface area (Å²) in [6.45, 7) is 0.430. The van der Waals surface area contributed by atoms with E-state index in [1.807, 2.05) is 34.5 Å². The minimum atomic E-state index is -0.219. The zero-order valence-corrected chi connectivity index (χ0v) is 13.7. The summed E-state index contributed by atoms with van der Waals surface area (Å²) >= 11 is 1.64. The van der Waals surface area contributed by atoms with Gasteiger partial charge in [-0.1, -0.05) is 6.07 Å². The predicted molar refractivity (Wildman–Crippen MR) is 86.8 cm³/mol. The monoisotopic (exact) mass is 331 g/mol. The summed E-state index contributed by atoms with van der Waals surface area (Å²) in [7, 11) is 3.24. The normalized spacial score (nSPS) is 12.1. The van der Waals surface area contributed by atoms with Crippen LogP contribution in [0.3, 0.4) is 0 Å². The molecule has 0 spiro atoms. The number of ether oxygens (including phenoxy) is 1.